The second kappa shape index (κ2) is 5.74. The Kier molecular flexibility index (Phi) is 4.84. The van der Waals surface area contributed by atoms with Crippen molar-refractivity contribution in [2.75, 3.05) is 6.54 Å². The molecule has 1 N–H and O–H groups in total. The molecule has 0 saturated heterocycles. The summed E-state index contributed by atoms with van der Waals surface area (Å²) in [5.74, 6) is 0. The Labute approximate surface area is 105 Å². The quantitative estimate of drug-likeness (QED) is 0.759. The number of ether oxygens (including phenoxy) is 1. The lowest BCUT2D eigenvalue weighted by atomic mass is 9.66. The van der Waals surface area contributed by atoms with Crippen LogP contribution in [0.3, 0.4) is 0 Å². The molecule has 1 amide bonds. The van der Waals surface area contributed by atoms with Gasteiger partial charge in [-0.3, -0.25) is 0 Å². The number of amides is 1. The summed E-state index contributed by atoms with van der Waals surface area (Å²) in [4.78, 5) is 11.7. The SMILES string of the molecule is CCCCNC(=O)OC1(C)CCCCC1(C)C. The van der Waals surface area contributed by atoms with E-state index in [1.807, 2.05) is 0 Å². The molecule has 3 heteroatoms. The smallest absolute Gasteiger partial charge is 0.407 e. The average Bonchev–Trinajstić information content (AvgIpc) is 2.23. The van der Waals surface area contributed by atoms with Crippen molar-refractivity contribution >= 4 is 6.09 Å². The van der Waals surface area contributed by atoms with Crippen LogP contribution in [0.4, 0.5) is 4.79 Å². The molecule has 1 rings (SSSR count). The number of hydrogen-bond acceptors (Lipinski definition) is 2. The van der Waals surface area contributed by atoms with Crippen molar-refractivity contribution in [1.29, 1.82) is 0 Å². The summed E-state index contributed by atoms with van der Waals surface area (Å²) < 4.78 is 5.69. The summed E-state index contributed by atoms with van der Waals surface area (Å²) in [5.41, 5.74) is -0.241. The summed E-state index contributed by atoms with van der Waals surface area (Å²) >= 11 is 0. The minimum atomic E-state index is -0.318. The molecule has 0 heterocycles. The molecular weight excluding hydrogens is 214 g/mol. The van der Waals surface area contributed by atoms with E-state index in [1.165, 1.54) is 6.42 Å². The van der Waals surface area contributed by atoms with E-state index in [-0.39, 0.29) is 17.1 Å². The van der Waals surface area contributed by atoms with Crippen LogP contribution in [0.5, 0.6) is 0 Å². The molecule has 0 bridgehead atoms. The molecule has 100 valence electrons. The van der Waals surface area contributed by atoms with Crippen LogP contribution in [0.15, 0.2) is 0 Å². The van der Waals surface area contributed by atoms with Crippen LogP contribution >= 0.6 is 0 Å². The Balaban J connectivity index is 2.49. The number of hydrogen-bond donors (Lipinski definition) is 1. The third-order valence-corrected chi connectivity index (χ3v) is 4.25. The third-order valence-electron chi connectivity index (χ3n) is 4.25. The maximum absolute atomic E-state index is 11.7. The zero-order chi connectivity index (χ0) is 12.9. The molecule has 0 spiro atoms. The lowest BCUT2D eigenvalue weighted by molar-refractivity contribution is -0.0886. The summed E-state index contributed by atoms with van der Waals surface area (Å²) in [6.45, 7) is 9.30. The van der Waals surface area contributed by atoms with Crippen LogP contribution in [0.1, 0.15) is 66.2 Å². The van der Waals surface area contributed by atoms with Crippen LogP contribution < -0.4 is 5.32 Å². The molecule has 1 aliphatic carbocycles. The molecule has 1 atom stereocenters. The highest BCUT2D eigenvalue weighted by Gasteiger charge is 2.45. The number of nitrogens with one attached hydrogen (secondary N) is 1. The Morgan fingerprint density at radius 2 is 1.88 bits per heavy atom. The van der Waals surface area contributed by atoms with E-state index >= 15 is 0 Å². The maximum Gasteiger partial charge on any atom is 0.407 e. The van der Waals surface area contributed by atoms with Crippen LogP contribution in [0.2, 0.25) is 0 Å². The topological polar surface area (TPSA) is 38.3 Å². The van der Waals surface area contributed by atoms with E-state index in [9.17, 15) is 4.79 Å². The summed E-state index contributed by atoms with van der Waals surface area (Å²) in [7, 11) is 0. The first-order valence-electron chi connectivity index (χ1n) is 6.88. The van der Waals surface area contributed by atoms with Gasteiger partial charge in [-0.2, -0.15) is 0 Å². The molecular formula is C14H27NO2. The van der Waals surface area contributed by atoms with E-state index < -0.39 is 0 Å². The molecule has 0 aromatic carbocycles. The summed E-state index contributed by atoms with van der Waals surface area (Å²) in [5, 5.41) is 2.83. The minimum absolute atomic E-state index is 0.0767. The fraction of sp³-hybridized carbons (Fsp3) is 0.929. The van der Waals surface area contributed by atoms with Gasteiger partial charge in [-0.05, 0) is 32.6 Å². The van der Waals surface area contributed by atoms with Crippen LogP contribution in [0, 0.1) is 5.41 Å². The molecule has 3 nitrogen and oxygen atoms in total. The van der Waals surface area contributed by atoms with Crippen molar-refractivity contribution < 1.29 is 9.53 Å². The molecule has 1 fully saturated rings. The second-order valence-corrected chi connectivity index (χ2v) is 5.99. The van der Waals surface area contributed by atoms with Crippen LogP contribution in [0.25, 0.3) is 0 Å². The number of carbonyl (C=O) groups is 1. The third kappa shape index (κ3) is 3.62. The van der Waals surface area contributed by atoms with Gasteiger partial charge >= 0.3 is 6.09 Å². The number of carbonyl (C=O) groups excluding carboxylic acids is 1. The Morgan fingerprint density at radius 1 is 1.24 bits per heavy atom. The van der Waals surface area contributed by atoms with Gasteiger partial charge in [0.1, 0.15) is 5.60 Å². The number of rotatable bonds is 4. The van der Waals surface area contributed by atoms with Gasteiger partial charge in [0.15, 0.2) is 0 Å². The normalized spacial score (nSPS) is 27.5. The van der Waals surface area contributed by atoms with Gasteiger partial charge in [0.2, 0.25) is 0 Å². The van der Waals surface area contributed by atoms with Gasteiger partial charge in [-0.1, -0.05) is 33.6 Å². The first-order valence-corrected chi connectivity index (χ1v) is 6.88. The molecule has 0 radical (unpaired) electrons. The van der Waals surface area contributed by atoms with E-state index in [1.54, 1.807) is 0 Å². The standard InChI is InChI=1S/C14H27NO2/c1-5-6-11-15-12(16)17-14(4)10-8-7-9-13(14,2)3/h5-11H2,1-4H3,(H,15,16). The molecule has 1 saturated carbocycles. The molecule has 1 aliphatic rings. The van der Waals surface area contributed by atoms with Crippen LogP contribution in [-0.4, -0.2) is 18.2 Å². The highest BCUT2D eigenvalue weighted by Crippen LogP contribution is 2.45. The number of alkyl carbamates (subject to hydrolysis) is 1. The van der Waals surface area contributed by atoms with Gasteiger partial charge in [0.05, 0.1) is 0 Å². The molecule has 17 heavy (non-hydrogen) atoms. The Morgan fingerprint density at radius 3 is 2.47 bits per heavy atom. The lowest BCUT2D eigenvalue weighted by Gasteiger charge is -2.46. The highest BCUT2D eigenvalue weighted by atomic mass is 16.6. The predicted molar refractivity (Wildman–Crippen MR) is 70.0 cm³/mol. The minimum Gasteiger partial charge on any atom is -0.443 e. The summed E-state index contributed by atoms with van der Waals surface area (Å²) in [6.07, 6.45) is 6.34. The zero-order valence-electron chi connectivity index (χ0n) is 11.8. The van der Waals surface area contributed by atoms with Gasteiger partial charge in [0, 0.05) is 12.0 Å². The van der Waals surface area contributed by atoms with Gasteiger partial charge in [-0.15, -0.1) is 0 Å². The molecule has 0 aromatic rings. The van der Waals surface area contributed by atoms with Gasteiger partial charge in [-0.25, -0.2) is 4.79 Å². The fourth-order valence-electron chi connectivity index (χ4n) is 2.43. The van der Waals surface area contributed by atoms with Crippen molar-refractivity contribution in [3.05, 3.63) is 0 Å². The first-order chi connectivity index (χ1) is 7.91. The summed E-state index contributed by atoms with van der Waals surface area (Å²) in [6, 6.07) is 0. The van der Waals surface area contributed by atoms with Gasteiger partial charge < -0.3 is 10.1 Å². The van der Waals surface area contributed by atoms with Crippen molar-refractivity contribution in [3.63, 3.8) is 0 Å². The van der Waals surface area contributed by atoms with Crippen molar-refractivity contribution in [1.82, 2.24) is 5.32 Å². The lowest BCUT2D eigenvalue weighted by Crippen LogP contribution is -2.49. The van der Waals surface area contributed by atoms with E-state index in [4.69, 9.17) is 4.74 Å². The van der Waals surface area contributed by atoms with Crippen molar-refractivity contribution in [2.45, 2.75) is 71.8 Å². The zero-order valence-corrected chi connectivity index (χ0v) is 11.8. The molecule has 0 aromatic heterocycles. The fourth-order valence-corrected chi connectivity index (χ4v) is 2.43. The molecule has 1 unspecified atom stereocenters. The van der Waals surface area contributed by atoms with Crippen molar-refractivity contribution in [3.8, 4) is 0 Å². The second-order valence-electron chi connectivity index (χ2n) is 5.99. The highest BCUT2D eigenvalue weighted by molar-refractivity contribution is 5.67. The Bertz CT molecular complexity index is 263. The monoisotopic (exact) mass is 241 g/mol. The Hall–Kier alpha value is -0.730. The van der Waals surface area contributed by atoms with E-state index in [0.29, 0.717) is 6.54 Å². The average molecular weight is 241 g/mol. The van der Waals surface area contributed by atoms with Crippen molar-refractivity contribution in [2.24, 2.45) is 5.41 Å². The van der Waals surface area contributed by atoms with E-state index in [2.05, 4.69) is 33.0 Å². The molecule has 0 aliphatic heterocycles. The maximum atomic E-state index is 11.7. The van der Waals surface area contributed by atoms with Gasteiger partial charge in [0.25, 0.3) is 0 Å². The largest absolute Gasteiger partial charge is 0.443 e. The van der Waals surface area contributed by atoms with Crippen LogP contribution in [-0.2, 0) is 4.74 Å². The predicted octanol–water partition coefficient (Wildman–Crippen LogP) is 3.87. The number of unbranched alkanes of at least 4 members (excludes halogenated alkanes) is 1. The van der Waals surface area contributed by atoms with E-state index in [0.717, 1.165) is 32.1 Å². The first kappa shape index (κ1) is 14.3.